The number of ether oxygens (including phenoxy) is 2. The molecule has 0 radical (unpaired) electrons. The van der Waals surface area contributed by atoms with Crippen molar-refractivity contribution in [3.8, 4) is 11.5 Å². The molecule has 7 heteroatoms. The molecule has 0 spiro atoms. The quantitative estimate of drug-likeness (QED) is 0.477. The van der Waals surface area contributed by atoms with Gasteiger partial charge in [-0.3, -0.25) is 9.59 Å². The Morgan fingerprint density at radius 2 is 1.81 bits per heavy atom. The largest absolute Gasteiger partial charge is 0.495 e. The summed E-state index contributed by atoms with van der Waals surface area (Å²) in [5.41, 5.74) is 2.59. The molecule has 2 aromatic carbocycles. The maximum atomic E-state index is 13.6. The van der Waals surface area contributed by atoms with Gasteiger partial charge in [0.1, 0.15) is 17.2 Å². The van der Waals surface area contributed by atoms with Crippen LogP contribution in [0.5, 0.6) is 11.5 Å². The molecule has 2 heterocycles. The number of thiophene rings is 1. The van der Waals surface area contributed by atoms with E-state index in [1.807, 2.05) is 55.6 Å². The first-order valence-corrected chi connectivity index (χ1v) is 11.2. The first-order chi connectivity index (χ1) is 15.5. The number of aryl methyl sites for hydroxylation is 1. The van der Waals surface area contributed by atoms with Crippen molar-refractivity contribution in [2.75, 3.05) is 23.9 Å². The van der Waals surface area contributed by atoms with Gasteiger partial charge in [0.15, 0.2) is 0 Å². The van der Waals surface area contributed by atoms with Gasteiger partial charge in [-0.15, -0.1) is 11.3 Å². The van der Waals surface area contributed by atoms with Crippen molar-refractivity contribution in [2.24, 2.45) is 0 Å². The second kappa shape index (κ2) is 9.28. The molecule has 1 aliphatic heterocycles. The molecule has 2 amide bonds. The number of imide groups is 1. The molecule has 1 N–H and O–H groups in total. The number of benzene rings is 2. The SMILES string of the molecule is CCCOc1ccccc1N1C(=O)C(Nc2cc(C)ccc2OC)=C(c2cccs2)C1=O. The summed E-state index contributed by atoms with van der Waals surface area (Å²) in [6, 6.07) is 16.4. The Morgan fingerprint density at radius 3 is 2.53 bits per heavy atom. The Bertz CT molecular complexity index is 1180. The Morgan fingerprint density at radius 1 is 1.00 bits per heavy atom. The molecule has 0 unspecified atom stereocenters. The van der Waals surface area contributed by atoms with Crippen molar-refractivity contribution in [3.63, 3.8) is 0 Å². The van der Waals surface area contributed by atoms with Gasteiger partial charge in [0.25, 0.3) is 11.8 Å². The van der Waals surface area contributed by atoms with Crippen LogP contribution in [0.1, 0.15) is 23.8 Å². The molecule has 6 nitrogen and oxygen atoms in total. The van der Waals surface area contributed by atoms with Gasteiger partial charge in [0, 0.05) is 4.88 Å². The lowest BCUT2D eigenvalue weighted by atomic mass is 10.1. The summed E-state index contributed by atoms with van der Waals surface area (Å²) in [5, 5.41) is 5.07. The van der Waals surface area contributed by atoms with E-state index in [0.29, 0.717) is 39.9 Å². The highest BCUT2D eigenvalue weighted by Crippen LogP contribution is 2.40. The predicted octanol–water partition coefficient (Wildman–Crippen LogP) is 5.25. The number of carbonyl (C=O) groups is 2. The van der Waals surface area contributed by atoms with E-state index in [9.17, 15) is 9.59 Å². The molecule has 0 bridgehead atoms. The zero-order valence-corrected chi connectivity index (χ0v) is 19.0. The van der Waals surface area contributed by atoms with Gasteiger partial charge in [0.05, 0.1) is 30.7 Å². The molecule has 0 aliphatic carbocycles. The third kappa shape index (κ3) is 3.99. The first-order valence-electron chi connectivity index (χ1n) is 10.4. The number of rotatable bonds is 8. The topological polar surface area (TPSA) is 67.9 Å². The van der Waals surface area contributed by atoms with Crippen LogP contribution in [-0.4, -0.2) is 25.5 Å². The van der Waals surface area contributed by atoms with Gasteiger partial charge < -0.3 is 14.8 Å². The van der Waals surface area contributed by atoms with E-state index in [-0.39, 0.29) is 11.6 Å². The molecule has 1 aromatic heterocycles. The van der Waals surface area contributed by atoms with Crippen LogP contribution in [0.4, 0.5) is 11.4 Å². The third-order valence-electron chi connectivity index (χ3n) is 5.03. The number of nitrogens with zero attached hydrogens (tertiary/aromatic N) is 1. The lowest BCUT2D eigenvalue weighted by Crippen LogP contribution is -2.32. The fraction of sp³-hybridized carbons (Fsp3) is 0.200. The van der Waals surface area contributed by atoms with Gasteiger partial charge in [-0.05, 0) is 54.6 Å². The van der Waals surface area contributed by atoms with E-state index < -0.39 is 5.91 Å². The van der Waals surface area contributed by atoms with Gasteiger partial charge in [-0.2, -0.15) is 0 Å². The van der Waals surface area contributed by atoms with Crippen molar-refractivity contribution in [1.82, 2.24) is 0 Å². The number of anilines is 2. The van der Waals surface area contributed by atoms with Gasteiger partial charge in [-0.1, -0.05) is 31.2 Å². The summed E-state index contributed by atoms with van der Waals surface area (Å²) in [4.78, 5) is 29.1. The summed E-state index contributed by atoms with van der Waals surface area (Å²) in [6.07, 6.45) is 0.814. The van der Waals surface area contributed by atoms with E-state index in [2.05, 4.69) is 5.32 Å². The number of amides is 2. The molecular formula is C25H24N2O4S. The number of hydrogen-bond donors (Lipinski definition) is 1. The average molecular weight is 449 g/mol. The molecule has 0 fully saturated rings. The summed E-state index contributed by atoms with van der Waals surface area (Å²) in [5.74, 6) is 0.253. The standard InChI is InChI=1S/C25H24N2O4S/c1-4-13-31-20-9-6-5-8-18(20)27-24(28)22(21-10-7-14-32-21)23(25(27)29)26-17-15-16(2)11-12-19(17)30-3/h5-12,14-15,26H,4,13H2,1-3H3. The first kappa shape index (κ1) is 21.6. The molecule has 32 heavy (non-hydrogen) atoms. The third-order valence-corrected chi connectivity index (χ3v) is 5.92. The predicted molar refractivity (Wildman–Crippen MR) is 127 cm³/mol. The fourth-order valence-corrected chi connectivity index (χ4v) is 4.31. The second-order valence-corrected chi connectivity index (χ2v) is 8.27. The minimum Gasteiger partial charge on any atom is -0.495 e. The van der Waals surface area contributed by atoms with E-state index in [1.54, 1.807) is 25.3 Å². The highest BCUT2D eigenvalue weighted by atomic mass is 32.1. The highest BCUT2D eigenvalue weighted by molar-refractivity contribution is 7.11. The maximum Gasteiger partial charge on any atom is 0.282 e. The van der Waals surface area contributed by atoms with Crippen LogP contribution in [0, 0.1) is 6.92 Å². The average Bonchev–Trinajstić information content (AvgIpc) is 3.39. The van der Waals surface area contributed by atoms with E-state index in [1.165, 1.54) is 16.2 Å². The maximum absolute atomic E-state index is 13.6. The van der Waals surface area contributed by atoms with Crippen molar-refractivity contribution in [2.45, 2.75) is 20.3 Å². The zero-order valence-electron chi connectivity index (χ0n) is 18.2. The van der Waals surface area contributed by atoms with E-state index in [0.717, 1.165) is 12.0 Å². The van der Waals surface area contributed by atoms with Crippen molar-refractivity contribution in [1.29, 1.82) is 0 Å². The summed E-state index contributed by atoms with van der Waals surface area (Å²) in [7, 11) is 1.57. The van der Waals surface area contributed by atoms with Crippen molar-refractivity contribution in [3.05, 3.63) is 76.1 Å². The Balaban J connectivity index is 1.80. The number of carbonyl (C=O) groups excluding carboxylic acids is 2. The van der Waals surface area contributed by atoms with Crippen LogP contribution in [0.2, 0.25) is 0 Å². The number of nitrogens with one attached hydrogen (secondary N) is 1. The molecule has 0 saturated carbocycles. The summed E-state index contributed by atoms with van der Waals surface area (Å²) >= 11 is 1.41. The fourth-order valence-electron chi connectivity index (χ4n) is 3.54. The highest BCUT2D eigenvalue weighted by Gasteiger charge is 2.42. The molecule has 164 valence electrons. The number of para-hydroxylation sites is 2. The molecule has 0 atom stereocenters. The van der Waals surface area contributed by atoms with Gasteiger partial charge >= 0.3 is 0 Å². The van der Waals surface area contributed by atoms with Crippen molar-refractivity contribution < 1.29 is 19.1 Å². The lowest BCUT2D eigenvalue weighted by Gasteiger charge is -2.19. The van der Waals surface area contributed by atoms with E-state index >= 15 is 0 Å². The van der Waals surface area contributed by atoms with Crippen LogP contribution in [0.3, 0.4) is 0 Å². The Kier molecular flexibility index (Phi) is 6.28. The summed E-state index contributed by atoms with van der Waals surface area (Å²) < 4.78 is 11.3. The molecule has 0 saturated heterocycles. The number of hydrogen-bond acceptors (Lipinski definition) is 6. The van der Waals surface area contributed by atoms with Crippen LogP contribution >= 0.6 is 11.3 Å². The lowest BCUT2D eigenvalue weighted by molar-refractivity contribution is -0.120. The van der Waals surface area contributed by atoms with Gasteiger partial charge in [0.2, 0.25) is 0 Å². The van der Waals surface area contributed by atoms with Crippen LogP contribution in [0.25, 0.3) is 5.57 Å². The number of methoxy groups -OCH3 is 1. The molecular weight excluding hydrogens is 424 g/mol. The normalized spacial score (nSPS) is 13.7. The molecule has 1 aliphatic rings. The van der Waals surface area contributed by atoms with Gasteiger partial charge in [-0.25, -0.2) is 4.90 Å². The Labute approximate surface area is 191 Å². The van der Waals surface area contributed by atoms with E-state index in [4.69, 9.17) is 9.47 Å². The minimum atomic E-state index is -0.436. The van der Waals surface area contributed by atoms with Crippen molar-refractivity contribution >= 4 is 40.1 Å². The Hall–Kier alpha value is -3.58. The summed E-state index contributed by atoms with van der Waals surface area (Å²) in [6.45, 7) is 4.45. The second-order valence-electron chi connectivity index (χ2n) is 7.32. The monoisotopic (exact) mass is 448 g/mol. The molecule has 4 rings (SSSR count). The smallest absolute Gasteiger partial charge is 0.282 e. The van der Waals surface area contributed by atoms with Crippen LogP contribution < -0.4 is 19.7 Å². The van der Waals surface area contributed by atoms with Crippen LogP contribution in [-0.2, 0) is 9.59 Å². The molecule has 3 aromatic rings. The van der Waals surface area contributed by atoms with Crippen LogP contribution in [0.15, 0.2) is 65.7 Å². The zero-order chi connectivity index (χ0) is 22.7. The minimum absolute atomic E-state index is 0.214.